The molecule has 0 fully saturated rings. The number of aromatic amines is 1. The van der Waals surface area contributed by atoms with Gasteiger partial charge in [0.25, 0.3) is 5.91 Å². The molecule has 0 saturated heterocycles. The van der Waals surface area contributed by atoms with Crippen LogP contribution in [-0.4, -0.2) is 17.4 Å². The number of carbonyl (C=O) groups is 1. The van der Waals surface area contributed by atoms with Gasteiger partial charge in [-0.3, -0.25) is 4.79 Å². The van der Waals surface area contributed by atoms with Gasteiger partial charge in [-0.15, -0.1) is 12.3 Å². The summed E-state index contributed by atoms with van der Waals surface area (Å²) in [5, 5.41) is 2.64. The fourth-order valence-electron chi connectivity index (χ4n) is 0.886. The first-order valence-electron chi connectivity index (χ1n) is 3.89. The molecule has 1 amide bonds. The summed E-state index contributed by atoms with van der Waals surface area (Å²) < 4.78 is 0. The Morgan fingerprint density at radius 2 is 2.54 bits per heavy atom. The van der Waals surface area contributed by atoms with Crippen LogP contribution in [0.1, 0.15) is 16.9 Å². The minimum atomic E-state index is -0.188. The Bertz CT molecular complexity index is 335. The second kappa shape index (κ2) is 4.21. The molecule has 0 radical (unpaired) electrons. The van der Waals surface area contributed by atoms with Crippen molar-refractivity contribution < 1.29 is 4.79 Å². The number of amides is 1. The van der Waals surface area contributed by atoms with E-state index in [0.29, 0.717) is 24.3 Å². The molecule has 0 unspecified atom stereocenters. The van der Waals surface area contributed by atoms with Crippen molar-refractivity contribution in [1.29, 1.82) is 0 Å². The number of nitrogens with two attached hydrogens (primary N) is 1. The molecule has 4 nitrogen and oxygen atoms in total. The molecule has 0 saturated carbocycles. The Morgan fingerprint density at radius 3 is 3.08 bits per heavy atom. The maximum atomic E-state index is 11.3. The number of anilines is 1. The lowest BCUT2D eigenvalue weighted by Gasteiger charge is -1.99. The van der Waals surface area contributed by atoms with Crippen LogP contribution in [0, 0.1) is 12.3 Å². The number of terminal acetylenes is 1. The van der Waals surface area contributed by atoms with Gasteiger partial charge in [0.15, 0.2) is 0 Å². The highest BCUT2D eigenvalue weighted by Gasteiger charge is 2.05. The van der Waals surface area contributed by atoms with Crippen LogP contribution < -0.4 is 11.1 Å². The van der Waals surface area contributed by atoms with E-state index in [2.05, 4.69) is 16.2 Å². The predicted molar refractivity (Wildman–Crippen MR) is 51.0 cm³/mol. The number of nitrogens with one attached hydrogen (secondary N) is 2. The van der Waals surface area contributed by atoms with Crippen LogP contribution in [0.5, 0.6) is 0 Å². The van der Waals surface area contributed by atoms with Gasteiger partial charge in [-0.2, -0.15) is 0 Å². The summed E-state index contributed by atoms with van der Waals surface area (Å²) in [4.78, 5) is 14.0. The maximum absolute atomic E-state index is 11.3. The third kappa shape index (κ3) is 2.56. The van der Waals surface area contributed by atoms with E-state index in [1.807, 2.05) is 0 Å². The van der Waals surface area contributed by atoms with Crippen molar-refractivity contribution in [3.63, 3.8) is 0 Å². The third-order valence-corrected chi connectivity index (χ3v) is 1.50. The van der Waals surface area contributed by atoms with E-state index in [4.69, 9.17) is 12.2 Å². The zero-order valence-corrected chi connectivity index (χ0v) is 7.13. The molecule has 4 heteroatoms. The molecular formula is C9H11N3O. The Morgan fingerprint density at radius 1 is 1.77 bits per heavy atom. The third-order valence-electron chi connectivity index (χ3n) is 1.50. The van der Waals surface area contributed by atoms with Crippen LogP contribution in [0.3, 0.4) is 0 Å². The Labute approximate surface area is 76.5 Å². The molecular weight excluding hydrogens is 166 g/mol. The van der Waals surface area contributed by atoms with Gasteiger partial charge in [0.1, 0.15) is 5.69 Å². The summed E-state index contributed by atoms with van der Waals surface area (Å²) >= 11 is 0. The molecule has 0 aliphatic heterocycles. The fraction of sp³-hybridized carbons (Fsp3) is 0.222. The van der Waals surface area contributed by atoms with E-state index < -0.39 is 0 Å². The van der Waals surface area contributed by atoms with Gasteiger partial charge in [0, 0.05) is 24.8 Å². The molecule has 1 aromatic rings. The largest absolute Gasteiger partial charge is 0.397 e. The molecule has 1 heterocycles. The number of H-pyrrole nitrogens is 1. The average molecular weight is 177 g/mol. The van der Waals surface area contributed by atoms with Crippen molar-refractivity contribution in [3.05, 3.63) is 18.0 Å². The summed E-state index contributed by atoms with van der Waals surface area (Å²) in [5.74, 6) is 2.24. The summed E-state index contributed by atoms with van der Waals surface area (Å²) in [6.07, 6.45) is 7.12. The highest BCUT2D eigenvalue weighted by atomic mass is 16.1. The average Bonchev–Trinajstić information content (AvgIpc) is 2.52. The van der Waals surface area contributed by atoms with Gasteiger partial charge >= 0.3 is 0 Å². The van der Waals surface area contributed by atoms with Crippen LogP contribution in [0.15, 0.2) is 12.3 Å². The van der Waals surface area contributed by atoms with Gasteiger partial charge < -0.3 is 16.0 Å². The molecule has 13 heavy (non-hydrogen) atoms. The van der Waals surface area contributed by atoms with Gasteiger partial charge in [0.05, 0.1) is 0 Å². The summed E-state index contributed by atoms with van der Waals surface area (Å²) in [6, 6.07) is 1.57. The van der Waals surface area contributed by atoms with Gasteiger partial charge in [-0.1, -0.05) is 0 Å². The molecule has 1 rings (SSSR count). The number of carbonyl (C=O) groups excluding carboxylic acids is 1. The van der Waals surface area contributed by atoms with Crippen molar-refractivity contribution in [1.82, 2.24) is 10.3 Å². The lowest BCUT2D eigenvalue weighted by atomic mass is 10.3. The van der Waals surface area contributed by atoms with E-state index in [1.54, 1.807) is 12.3 Å². The lowest BCUT2D eigenvalue weighted by Crippen LogP contribution is -2.24. The first-order chi connectivity index (χ1) is 6.24. The van der Waals surface area contributed by atoms with E-state index in [9.17, 15) is 4.79 Å². The van der Waals surface area contributed by atoms with E-state index in [0.717, 1.165) is 0 Å². The van der Waals surface area contributed by atoms with Crippen LogP contribution in [0.4, 0.5) is 5.69 Å². The minimum Gasteiger partial charge on any atom is -0.397 e. The molecule has 0 spiro atoms. The standard InChI is InChI=1S/C9H11N3O/c1-2-3-4-11-9(13)8-5-7(10)6-12-8/h1,5-6,12H,3-4,10H2,(H,11,13). The predicted octanol–water partition coefficient (Wildman–Crippen LogP) is 0.350. The number of nitrogen functional groups attached to an aromatic ring is 1. The molecule has 0 atom stereocenters. The van der Waals surface area contributed by atoms with Gasteiger partial charge in [-0.25, -0.2) is 0 Å². The van der Waals surface area contributed by atoms with Crippen molar-refractivity contribution in [3.8, 4) is 12.3 Å². The minimum absolute atomic E-state index is 0.188. The Kier molecular flexibility index (Phi) is 2.98. The van der Waals surface area contributed by atoms with Crippen molar-refractivity contribution in [2.45, 2.75) is 6.42 Å². The molecule has 0 bridgehead atoms. The first-order valence-corrected chi connectivity index (χ1v) is 3.89. The van der Waals surface area contributed by atoms with E-state index in [-0.39, 0.29) is 5.91 Å². The Hall–Kier alpha value is -1.89. The quantitative estimate of drug-likeness (QED) is 0.460. The van der Waals surface area contributed by atoms with Crippen LogP contribution in [0.2, 0.25) is 0 Å². The lowest BCUT2D eigenvalue weighted by molar-refractivity contribution is 0.0950. The topological polar surface area (TPSA) is 70.9 Å². The summed E-state index contributed by atoms with van der Waals surface area (Å²) in [7, 11) is 0. The van der Waals surface area contributed by atoms with E-state index in [1.165, 1.54) is 0 Å². The SMILES string of the molecule is C#CCCNC(=O)c1cc(N)c[nH]1. The number of rotatable bonds is 3. The fourth-order valence-corrected chi connectivity index (χ4v) is 0.886. The molecule has 0 aliphatic carbocycles. The van der Waals surface area contributed by atoms with E-state index >= 15 is 0 Å². The number of hydrogen-bond donors (Lipinski definition) is 3. The Balaban J connectivity index is 2.45. The zero-order chi connectivity index (χ0) is 9.68. The van der Waals surface area contributed by atoms with Crippen LogP contribution in [0.25, 0.3) is 0 Å². The molecule has 1 aromatic heterocycles. The molecule has 0 aromatic carbocycles. The van der Waals surface area contributed by atoms with Crippen LogP contribution in [-0.2, 0) is 0 Å². The molecule has 68 valence electrons. The van der Waals surface area contributed by atoms with Crippen molar-refractivity contribution in [2.75, 3.05) is 12.3 Å². The van der Waals surface area contributed by atoms with Crippen molar-refractivity contribution >= 4 is 11.6 Å². The highest BCUT2D eigenvalue weighted by molar-refractivity contribution is 5.93. The van der Waals surface area contributed by atoms with Gasteiger partial charge in [-0.05, 0) is 6.07 Å². The van der Waals surface area contributed by atoms with Gasteiger partial charge in [0.2, 0.25) is 0 Å². The first kappa shape index (κ1) is 9.20. The molecule has 0 aliphatic rings. The zero-order valence-electron chi connectivity index (χ0n) is 7.13. The molecule has 4 N–H and O–H groups in total. The highest BCUT2D eigenvalue weighted by Crippen LogP contribution is 2.03. The normalized spacial score (nSPS) is 9.15. The number of aromatic nitrogens is 1. The summed E-state index contributed by atoms with van der Waals surface area (Å²) in [6.45, 7) is 0.480. The number of hydrogen-bond acceptors (Lipinski definition) is 2. The maximum Gasteiger partial charge on any atom is 0.267 e. The smallest absolute Gasteiger partial charge is 0.267 e. The van der Waals surface area contributed by atoms with Crippen LogP contribution >= 0.6 is 0 Å². The second-order valence-corrected chi connectivity index (χ2v) is 2.56. The van der Waals surface area contributed by atoms with Crippen molar-refractivity contribution in [2.24, 2.45) is 0 Å². The second-order valence-electron chi connectivity index (χ2n) is 2.56. The summed E-state index contributed by atoms with van der Waals surface area (Å²) in [5.41, 5.74) is 6.42. The monoisotopic (exact) mass is 177 g/mol.